The third-order valence-electron chi connectivity index (χ3n) is 1.11. The maximum absolute atomic E-state index is 5.52. The van der Waals surface area contributed by atoms with E-state index in [2.05, 4.69) is 21.4 Å². The molecule has 0 aromatic carbocycles. The fraction of sp³-hybridized carbons (Fsp3) is 0.333. The molecule has 0 unspecified atom stereocenters. The van der Waals surface area contributed by atoms with Crippen molar-refractivity contribution in [3.63, 3.8) is 0 Å². The molecular formula is C6H6BCl2N3O2. The van der Waals surface area contributed by atoms with Crippen molar-refractivity contribution in [3.05, 3.63) is 10.6 Å². The van der Waals surface area contributed by atoms with Crippen LogP contribution in [0.25, 0.3) is 0 Å². The Bertz CT molecular complexity index is 306. The van der Waals surface area contributed by atoms with Crippen molar-refractivity contribution in [2.75, 3.05) is 13.2 Å². The summed E-state index contributed by atoms with van der Waals surface area (Å²) in [5.74, 6) is 0. The molecule has 1 aromatic rings. The second kappa shape index (κ2) is 5.77. The first-order valence-corrected chi connectivity index (χ1v) is 4.40. The van der Waals surface area contributed by atoms with Gasteiger partial charge in [-0.3, -0.25) is 0 Å². The molecule has 0 fully saturated rings. The van der Waals surface area contributed by atoms with Crippen molar-refractivity contribution in [2.24, 2.45) is 0 Å². The molecule has 8 heteroatoms. The maximum atomic E-state index is 5.52. The van der Waals surface area contributed by atoms with E-state index in [9.17, 15) is 0 Å². The number of aromatic nitrogens is 3. The molecule has 1 heterocycles. The van der Waals surface area contributed by atoms with Crippen molar-refractivity contribution in [1.82, 2.24) is 15.0 Å². The summed E-state index contributed by atoms with van der Waals surface area (Å²) in [7, 11) is 1.32. The molecule has 0 radical (unpaired) electrons. The summed E-state index contributed by atoms with van der Waals surface area (Å²) < 4.78 is 9.88. The zero-order valence-electron chi connectivity index (χ0n) is 7.11. The van der Waals surface area contributed by atoms with Crippen LogP contribution in [0, 0.1) is 0 Å². The Kier molecular flexibility index (Phi) is 4.62. The Balaban J connectivity index is 2.46. The second-order valence-corrected chi connectivity index (χ2v) is 2.72. The Morgan fingerprint density at radius 3 is 2.36 bits per heavy atom. The molecule has 0 saturated carbocycles. The molecule has 0 amide bonds. The van der Waals surface area contributed by atoms with Crippen LogP contribution in [0.1, 0.15) is 0 Å². The van der Waals surface area contributed by atoms with E-state index in [0.717, 1.165) is 0 Å². The number of ether oxygens (including phenoxy) is 1. The molecule has 0 spiro atoms. The van der Waals surface area contributed by atoms with Crippen LogP contribution in [-0.2, 0) is 4.65 Å². The average molecular weight is 234 g/mol. The summed E-state index contributed by atoms with van der Waals surface area (Å²) in [6.07, 6.45) is 0. The number of nitrogens with zero attached hydrogens (tertiary/aromatic N) is 3. The van der Waals surface area contributed by atoms with Crippen LogP contribution < -0.4 is 4.74 Å². The number of hydrogen-bond acceptors (Lipinski definition) is 5. The molecular weight excluding hydrogens is 228 g/mol. The Morgan fingerprint density at radius 1 is 1.14 bits per heavy atom. The normalized spacial score (nSPS) is 9.29. The summed E-state index contributed by atoms with van der Waals surface area (Å²) in [5.41, 5.74) is 0. The van der Waals surface area contributed by atoms with E-state index in [4.69, 9.17) is 32.6 Å². The Morgan fingerprint density at radius 2 is 1.79 bits per heavy atom. The van der Waals surface area contributed by atoms with E-state index >= 15 is 0 Å². The van der Waals surface area contributed by atoms with Gasteiger partial charge in [-0.15, -0.1) is 0 Å². The van der Waals surface area contributed by atoms with Gasteiger partial charge in [0, 0.05) is 0 Å². The summed E-state index contributed by atoms with van der Waals surface area (Å²) >= 11 is 11.0. The average Bonchev–Trinajstić information content (AvgIpc) is 2.11. The van der Waals surface area contributed by atoms with Crippen LogP contribution in [0.4, 0.5) is 0 Å². The Labute approximate surface area is 91.3 Å². The van der Waals surface area contributed by atoms with Crippen molar-refractivity contribution in [2.45, 2.75) is 0 Å². The van der Waals surface area contributed by atoms with Crippen LogP contribution in [0.5, 0.6) is 6.01 Å². The van der Waals surface area contributed by atoms with Gasteiger partial charge in [0.25, 0.3) is 0 Å². The van der Waals surface area contributed by atoms with Crippen LogP contribution in [0.15, 0.2) is 0 Å². The molecule has 0 aliphatic rings. The minimum absolute atomic E-state index is 0.00959. The van der Waals surface area contributed by atoms with Crippen molar-refractivity contribution in [3.8, 4) is 6.01 Å². The van der Waals surface area contributed by atoms with Crippen LogP contribution in [0.3, 0.4) is 0 Å². The minimum atomic E-state index is -0.00959. The summed E-state index contributed by atoms with van der Waals surface area (Å²) in [6, 6.07) is 0.0719. The van der Waals surface area contributed by atoms with Gasteiger partial charge in [-0.05, 0) is 0 Å². The number of rotatable bonds is 5. The van der Waals surface area contributed by atoms with E-state index < -0.39 is 0 Å². The Hall–Kier alpha value is -0.875. The molecule has 0 saturated heterocycles. The van der Waals surface area contributed by atoms with Gasteiger partial charge < -0.3 is 0 Å². The van der Waals surface area contributed by atoms with Gasteiger partial charge in [-0.25, -0.2) is 0 Å². The van der Waals surface area contributed by atoms with Gasteiger partial charge in [0.15, 0.2) is 0 Å². The third-order valence-corrected chi connectivity index (χ3v) is 1.45. The van der Waals surface area contributed by atoms with E-state index in [1.807, 2.05) is 0 Å². The van der Waals surface area contributed by atoms with Crippen molar-refractivity contribution >= 4 is 36.8 Å². The van der Waals surface area contributed by atoms with E-state index in [1.54, 1.807) is 0 Å². The van der Waals surface area contributed by atoms with Crippen LogP contribution in [0.2, 0.25) is 10.6 Å². The first-order valence-electron chi connectivity index (χ1n) is 3.65. The van der Waals surface area contributed by atoms with Gasteiger partial charge in [0.1, 0.15) is 0 Å². The van der Waals surface area contributed by atoms with E-state index in [0.29, 0.717) is 6.61 Å². The molecule has 1 aromatic heterocycles. The molecule has 0 atom stereocenters. The van der Waals surface area contributed by atoms with Gasteiger partial charge in [0.05, 0.1) is 0 Å². The monoisotopic (exact) mass is 233 g/mol. The number of hydrogen-bond donors (Lipinski definition) is 0. The second-order valence-electron chi connectivity index (χ2n) is 2.04. The van der Waals surface area contributed by atoms with Crippen LogP contribution >= 0.6 is 23.2 Å². The molecule has 0 bridgehead atoms. The zero-order chi connectivity index (χ0) is 10.4. The van der Waals surface area contributed by atoms with Crippen molar-refractivity contribution in [1.29, 1.82) is 0 Å². The van der Waals surface area contributed by atoms with E-state index in [-0.39, 0.29) is 23.2 Å². The molecule has 5 nitrogen and oxygen atoms in total. The topological polar surface area (TPSA) is 57.1 Å². The zero-order valence-corrected chi connectivity index (χ0v) is 8.62. The van der Waals surface area contributed by atoms with Gasteiger partial charge in [0.2, 0.25) is 0 Å². The summed E-state index contributed by atoms with van der Waals surface area (Å²) in [4.78, 5) is 10.9. The first-order chi connectivity index (χ1) is 6.72. The summed E-state index contributed by atoms with van der Waals surface area (Å²) in [5, 5.41) is -0.0192. The predicted octanol–water partition coefficient (Wildman–Crippen LogP) is 0.625. The fourth-order valence-corrected chi connectivity index (χ4v) is 0.986. The van der Waals surface area contributed by atoms with Crippen molar-refractivity contribution < 1.29 is 9.39 Å². The van der Waals surface area contributed by atoms with Gasteiger partial charge >= 0.3 is 90.9 Å². The molecule has 14 heavy (non-hydrogen) atoms. The van der Waals surface area contributed by atoms with E-state index in [1.165, 1.54) is 7.12 Å². The molecule has 74 valence electrons. The number of halogens is 2. The SMILES string of the molecule is C=BOCCOc1nc(Cl)nc(Cl)n1. The summed E-state index contributed by atoms with van der Waals surface area (Å²) in [6.45, 7) is 4.00. The molecule has 0 N–H and O–H groups in total. The van der Waals surface area contributed by atoms with Gasteiger partial charge in [-0.1, -0.05) is 0 Å². The molecule has 0 aliphatic carbocycles. The van der Waals surface area contributed by atoms with Crippen LogP contribution in [-0.4, -0.2) is 41.8 Å². The molecule has 1 rings (SSSR count). The third kappa shape index (κ3) is 3.89. The first kappa shape index (κ1) is 11.2. The predicted molar refractivity (Wildman–Crippen MR) is 54.2 cm³/mol. The quantitative estimate of drug-likeness (QED) is 0.552. The van der Waals surface area contributed by atoms with Gasteiger partial charge in [-0.2, -0.15) is 0 Å². The molecule has 0 aliphatic heterocycles. The standard InChI is InChI=1S/C6H6BCl2N3O2/c1-7-14-3-2-13-6-11-4(8)10-5(9)12-6/h1-3H2. The fourth-order valence-electron chi connectivity index (χ4n) is 0.638.